The van der Waals surface area contributed by atoms with Crippen molar-refractivity contribution in [1.82, 2.24) is 15.2 Å². The molecule has 3 amide bonds. The van der Waals surface area contributed by atoms with Crippen LogP contribution < -0.4 is 21.1 Å². The third-order valence-corrected chi connectivity index (χ3v) is 4.49. The van der Waals surface area contributed by atoms with Crippen LogP contribution in [0.25, 0.3) is 0 Å². The number of rotatable bonds is 6. The monoisotopic (exact) mass is 551 g/mol. The summed E-state index contributed by atoms with van der Waals surface area (Å²) in [7, 11) is 3.73. The van der Waals surface area contributed by atoms with Gasteiger partial charge in [0, 0.05) is 24.0 Å². The molecule has 1 heterocycles. The highest BCUT2D eigenvalue weighted by atomic mass is 35.5. The Labute approximate surface area is 225 Å². The van der Waals surface area contributed by atoms with Crippen molar-refractivity contribution in [3.05, 3.63) is 77.5 Å². The number of aromatic nitrogens is 1. The number of benzene rings is 2. The number of nitrogens with one attached hydrogen (secondary N) is 2. The van der Waals surface area contributed by atoms with Crippen molar-refractivity contribution in [1.29, 1.82) is 0 Å². The van der Waals surface area contributed by atoms with Crippen LogP contribution in [0.2, 0.25) is 0 Å². The molecule has 12 heteroatoms. The summed E-state index contributed by atoms with van der Waals surface area (Å²) >= 11 is 0. The Bertz CT molecular complexity index is 1300. The van der Waals surface area contributed by atoms with Gasteiger partial charge in [0.05, 0.1) is 13.0 Å². The molecule has 37 heavy (non-hydrogen) atoms. The molecule has 2 aromatic carbocycles. The van der Waals surface area contributed by atoms with Crippen molar-refractivity contribution in [2.45, 2.75) is 6.42 Å². The van der Waals surface area contributed by atoms with E-state index in [-0.39, 0.29) is 54.2 Å². The first-order chi connectivity index (χ1) is 16.7. The van der Waals surface area contributed by atoms with Gasteiger partial charge in [0.25, 0.3) is 0 Å². The van der Waals surface area contributed by atoms with E-state index in [9.17, 15) is 18.4 Å². The number of carbonyl (C=O) groups excluding carboxylic acids is 2. The third kappa shape index (κ3) is 9.57. The molecular weight excluding hydrogens is 527 g/mol. The van der Waals surface area contributed by atoms with Gasteiger partial charge in [-0.25, -0.2) is 18.6 Å². The highest BCUT2D eigenvalue weighted by molar-refractivity contribution is 6.01. The van der Waals surface area contributed by atoms with Crippen molar-refractivity contribution in [3.8, 4) is 23.3 Å². The number of hydrogen-bond donors (Lipinski definition) is 3. The van der Waals surface area contributed by atoms with Crippen LogP contribution in [0.5, 0.6) is 11.5 Å². The number of nitrogens with two attached hydrogens (primary N) is 1. The molecule has 0 aliphatic carbocycles. The lowest BCUT2D eigenvalue weighted by molar-refractivity contribution is -0.119. The van der Waals surface area contributed by atoms with Gasteiger partial charge in [-0.2, -0.15) is 0 Å². The Morgan fingerprint density at radius 3 is 2.41 bits per heavy atom. The Morgan fingerprint density at radius 2 is 1.76 bits per heavy atom. The fraction of sp³-hybridized carbons (Fsp3) is 0.160. The first-order valence-corrected chi connectivity index (χ1v) is 10.4. The number of nitrogens with zero attached hydrogens (tertiary/aromatic N) is 2. The second-order valence-electron chi connectivity index (χ2n) is 7.66. The molecule has 0 aliphatic heterocycles. The maximum atomic E-state index is 14.7. The predicted molar refractivity (Wildman–Crippen MR) is 142 cm³/mol. The van der Waals surface area contributed by atoms with Gasteiger partial charge < -0.3 is 15.8 Å². The van der Waals surface area contributed by atoms with Gasteiger partial charge in [-0.3, -0.25) is 15.0 Å². The van der Waals surface area contributed by atoms with Crippen molar-refractivity contribution < 1.29 is 23.1 Å². The van der Waals surface area contributed by atoms with E-state index in [0.717, 1.165) is 6.07 Å². The number of urea groups is 1. The lowest BCUT2D eigenvalue weighted by atomic mass is 10.1. The summed E-state index contributed by atoms with van der Waals surface area (Å²) in [6.45, 7) is 0.483. The van der Waals surface area contributed by atoms with Crippen LogP contribution in [0.3, 0.4) is 0 Å². The number of hydrogen-bond acceptors (Lipinski definition) is 6. The van der Waals surface area contributed by atoms with Crippen LogP contribution in [0.1, 0.15) is 11.1 Å². The molecule has 0 radical (unpaired) electrons. The van der Waals surface area contributed by atoms with Crippen LogP contribution in [-0.4, -0.2) is 42.5 Å². The molecule has 0 saturated heterocycles. The van der Waals surface area contributed by atoms with Crippen molar-refractivity contribution >= 4 is 48.3 Å². The quantitative estimate of drug-likeness (QED) is 0.392. The fourth-order valence-electron chi connectivity index (χ4n) is 2.86. The molecule has 3 rings (SSSR count). The first-order valence-electron chi connectivity index (χ1n) is 10.4. The van der Waals surface area contributed by atoms with E-state index in [1.165, 1.54) is 48.7 Å². The molecule has 0 fully saturated rings. The summed E-state index contributed by atoms with van der Waals surface area (Å²) in [4.78, 5) is 30.0. The highest BCUT2D eigenvalue weighted by Gasteiger charge is 2.14. The zero-order valence-electron chi connectivity index (χ0n) is 19.9. The highest BCUT2D eigenvalue weighted by Crippen LogP contribution is 2.30. The molecule has 196 valence electrons. The Balaban J connectivity index is 0.00000342. The molecular formula is C25H25Cl2F2N5O3. The average molecular weight is 552 g/mol. The number of anilines is 2. The summed E-state index contributed by atoms with van der Waals surface area (Å²) < 4.78 is 33.3. The molecule has 0 atom stereocenters. The van der Waals surface area contributed by atoms with E-state index in [1.807, 2.05) is 19.0 Å². The van der Waals surface area contributed by atoms with Gasteiger partial charge in [-0.1, -0.05) is 24.0 Å². The third-order valence-electron chi connectivity index (χ3n) is 4.49. The zero-order valence-corrected chi connectivity index (χ0v) is 21.5. The number of amides is 3. The maximum Gasteiger partial charge on any atom is 0.325 e. The Kier molecular flexibility index (Phi) is 12.3. The summed E-state index contributed by atoms with van der Waals surface area (Å²) in [5.41, 5.74) is 6.87. The van der Waals surface area contributed by atoms with Crippen LogP contribution in [0.4, 0.5) is 25.1 Å². The number of imide groups is 1. The largest absolute Gasteiger partial charge is 0.453 e. The van der Waals surface area contributed by atoms with Gasteiger partial charge in [0.2, 0.25) is 5.91 Å². The predicted octanol–water partition coefficient (Wildman–Crippen LogP) is 4.38. The van der Waals surface area contributed by atoms with Crippen LogP contribution in [0.15, 0.2) is 54.7 Å². The first kappa shape index (κ1) is 31.1. The number of halogens is 4. The van der Waals surface area contributed by atoms with Crippen molar-refractivity contribution in [2.75, 3.05) is 31.7 Å². The second-order valence-corrected chi connectivity index (χ2v) is 7.66. The van der Waals surface area contributed by atoms with Gasteiger partial charge in [-0.05, 0) is 43.9 Å². The molecule has 0 bridgehead atoms. The number of pyridine rings is 1. The summed E-state index contributed by atoms with van der Waals surface area (Å²) in [6.07, 6.45) is 1.30. The topological polar surface area (TPSA) is 110 Å². The average Bonchev–Trinajstić information content (AvgIpc) is 2.78. The lowest BCUT2D eigenvalue weighted by Gasteiger charge is -2.12. The van der Waals surface area contributed by atoms with Gasteiger partial charge in [0.15, 0.2) is 11.6 Å². The lowest BCUT2D eigenvalue weighted by Crippen LogP contribution is -2.35. The molecule has 8 nitrogen and oxygen atoms in total. The minimum absolute atomic E-state index is 0. The molecule has 0 spiro atoms. The molecule has 0 saturated carbocycles. The van der Waals surface area contributed by atoms with Crippen LogP contribution in [-0.2, 0) is 11.2 Å². The van der Waals surface area contributed by atoms with Crippen LogP contribution >= 0.6 is 24.8 Å². The molecule has 3 aromatic rings. The van der Waals surface area contributed by atoms with Crippen LogP contribution in [0, 0.1) is 23.5 Å². The summed E-state index contributed by atoms with van der Waals surface area (Å²) in [5.74, 6) is 4.28. The summed E-state index contributed by atoms with van der Waals surface area (Å²) in [6, 6.07) is 9.76. The Hall–Kier alpha value is -3.91. The van der Waals surface area contributed by atoms with Gasteiger partial charge in [0.1, 0.15) is 22.9 Å². The normalized spacial score (nSPS) is 9.76. The molecule has 0 unspecified atom stereocenters. The van der Waals surface area contributed by atoms with Gasteiger partial charge >= 0.3 is 6.03 Å². The standard InChI is InChI=1S/C25H23F2N5O3.2ClH/c1-32(2)13-3-4-19-21(11-12-29-24(19)28)35-22-10-9-18(15-20(22)27)30-25(34)31-23(33)14-16-5-7-17(26)8-6-16;;/h5-12,15H,13-14H2,1-2H3,(H2,28,29)(H2,30,31,33,34);2*1H. The van der Waals surface area contributed by atoms with E-state index < -0.39 is 23.6 Å². The molecule has 1 aromatic heterocycles. The van der Waals surface area contributed by atoms with E-state index in [2.05, 4.69) is 27.5 Å². The smallest absolute Gasteiger partial charge is 0.325 e. The summed E-state index contributed by atoms with van der Waals surface area (Å²) in [5, 5.41) is 4.51. The minimum atomic E-state index is -0.842. The zero-order chi connectivity index (χ0) is 25.4. The number of nitrogen functional groups attached to an aromatic ring is 1. The van der Waals surface area contributed by atoms with E-state index in [0.29, 0.717) is 17.7 Å². The number of carbonyl (C=O) groups is 2. The van der Waals surface area contributed by atoms with Crippen molar-refractivity contribution in [2.24, 2.45) is 0 Å². The second kappa shape index (κ2) is 14.6. The van der Waals surface area contributed by atoms with E-state index >= 15 is 0 Å². The van der Waals surface area contributed by atoms with Crippen molar-refractivity contribution in [3.63, 3.8) is 0 Å². The van der Waals surface area contributed by atoms with E-state index in [4.69, 9.17) is 10.5 Å². The van der Waals surface area contributed by atoms with Gasteiger partial charge in [-0.15, -0.1) is 24.8 Å². The van der Waals surface area contributed by atoms with E-state index in [1.54, 1.807) is 0 Å². The maximum absolute atomic E-state index is 14.7. The SMILES string of the molecule is CN(C)CC#Cc1c(Oc2ccc(NC(=O)NC(=O)Cc3ccc(F)cc3)cc2F)ccnc1N.Cl.Cl. The fourth-order valence-corrected chi connectivity index (χ4v) is 2.86. The number of ether oxygens (including phenoxy) is 1. The minimum Gasteiger partial charge on any atom is -0.453 e. The Morgan fingerprint density at radius 1 is 1.05 bits per heavy atom. The molecule has 4 N–H and O–H groups in total. The molecule has 0 aliphatic rings.